The Morgan fingerprint density at radius 1 is 1.17 bits per heavy atom. The van der Waals surface area contributed by atoms with Gasteiger partial charge in [-0.25, -0.2) is 8.78 Å². The summed E-state index contributed by atoms with van der Waals surface area (Å²) in [6, 6.07) is 0. The molecule has 0 aliphatic heterocycles. The summed E-state index contributed by atoms with van der Waals surface area (Å²) in [5.41, 5.74) is 0.625. The van der Waals surface area contributed by atoms with E-state index in [-0.39, 0.29) is 35.2 Å². The van der Waals surface area contributed by atoms with Crippen molar-refractivity contribution >= 4 is 11.6 Å². The lowest BCUT2D eigenvalue weighted by molar-refractivity contribution is -0.144. The molecule has 0 aromatic heterocycles. The van der Waals surface area contributed by atoms with Crippen molar-refractivity contribution in [3.8, 4) is 0 Å². The Hall–Kier alpha value is -1.06. The van der Waals surface area contributed by atoms with E-state index in [1.54, 1.807) is 6.08 Å². The van der Waals surface area contributed by atoms with Crippen molar-refractivity contribution in [1.29, 1.82) is 0 Å². The van der Waals surface area contributed by atoms with Gasteiger partial charge in [-0.05, 0) is 68.3 Å². The van der Waals surface area contributed by atoms with E-state index in [4.69, 9.17) is 0 Å². The first-order valence-electron chi connectivity index (χ1n) is 9.52. The van der Waals surface area contributed by atoms with Gasteiger partial charge in [-0.15, -0.1) is 0 Å². The van der Waals surface area contributed by atoms with Gasteiger partial charge in [0, 0.05) is 24.2 Å². The van der Waals surface area contributed by atoms with Crippen molar-refractivity contribution < 1.29 is 18.4 Å². The van der Waals surface area contributed by atoms with Crippen molar-refractivity contribution in [2.45, 2.75) is 64.7 Å². The lowest BCUT2D eigenvalue weighted by atomic mass is 9.48. The second-order valence-electron chi connectivity index (χ2n) is 8.39. The van der Waals surface area contributed by atoms with Crippen LogP contribution in [0, 0.1) is 35.0 Å². The summed E-state index contributed by atoms with van der Waals surface area (Å²) >= 11 is 0. The van der Waals surface area contributed by atoms with Gasteiger partial charge in [0.2, 0.25) is 6.43 Å². The Bertz CT molecular complexity index is 596. The quantitative estimate of drug-likeness (QED) is 0.740. The average Bonchev–Trinajstić information content (AvgIpc) is 2.90. The van der Waals surface area contributed by atoms with Crippen LogP contribution in [0.3, 0.4) is 0 Å². The third-order valence-electron chi connectivity index (χ3n) is 7.76. The van der Waals surface area contributed by atoms with Gasteiger partial charge in [0.1, 0.15) is 5.78 Å². The number of fused-ring (bicyclic) bond motifs is 5. The highest BCUT2D eigenvalue weighted by Gasteiger charge is 2.61. The Morgan fingerprint density at radius 3 is 2.67 bits per heavy atom. The van der Waals surface area contributed by atoms with Crippen molar-refractivity contribution in [2.24, 2.45) is 35.0 Å². The van der Waals surface area contributed by atoms with Crippen molar-refractivity contribution in [2.75, 3.05) is 0 Å². The van der Waals surface area contributed by atoms with E-state index in [9.17, 15) is 18.4 Å². The highest BCUT2D eigenvalue weighted by molar-refractivity contribution is 5.91. The molecule has 0 spiro atoms. The van der Waals surface area contributed by atoms with E-state index >= 15 is 0 Å². The van der Waals surface area contributed by atoms with Crippen LogP contribution in [0.1, 0.15) is 58.3 Å². The fourth-order valence-electron chi connectivity index (χ4n) is 6.80. The molecule has 24 heavy (non-hydrogen) atoms. The van der Waals surface area contributed by atoms with Crippen molar-refractivity contribution in [3.63, 3.8) is 0 Å². The normalized spacial score (nSPS) is 44.8. The number of alkyl halides is 2. The van der Waals surface area contributed by atoms with Gasteiger partial charge in [-0.2, -0.15) is 0 Å². The summed E-state index contributed by atoms with van der Waals surface area (Å²) < 4.78 is 28.0. The summed E-state index contributed by atoms with van der Waals surface area (Å²) in [6.45, 7) is 2.01. The first-order valence-corrected chi connectivity index (χ1v) is 9.52. The van der Waals surface area contributed by atoms with Crippen molar-refractivity contribution in [1.82, 2.24) is 0 Å². The average molecular weight is 336 g/mol. The SMILES string of the molecule is CC[C@]12C[C@H](C(F)F)[C@H]3[C@@H](CCC4=CC(=O)CC[C@@H]43)[C@@H]1CCC2=O. The molecule has 0 amide bonds. The molecule has 2 nitrogen and oxygen atoms in total. The Kier molecular flexibility index (Phi) is 3.92. The summed E-state index contributed by atoms with van der Waals surface area (Å²) in [7, 11) is 0. The maximum atomic E-state index is 14.0. The third-order valence-corrected chi connectivity index (χ3v) is 7.76. The van der Waals surface area contributed by atoms with Crippen LogP contribution in [0.4, 0.5) is 8.78 Å². The maximum absolute atomic E-state index is 14.0. The smallest absolute Gasteiger partial charge is 0.241 e. The Labute approximate surface area is 142 Å². The maximum Gasteiger partial charge on any atom is 0.241 e. The molecular formula is C20H26F2O2. The van der Waals surface area contributed by atoms with Gasteiger partial charge in [0.25, 0.3) is 0 Å². The number of carbonyl (C=O) groups is 2. The van der Waals surface area contributed by atoms with E-state index in [0.29, 0.717) is 25.7 Å². The van der Waals surface area contributed by atoms with Crippen LogP contribution in [0.15, 0.2) is 11.6 Å². The zero-order valence-electron chi connectivity index (χ0n) is 14.3. The molecule has 0 bridgehead atoms. The third kappa shape index (κ3) is 2.17. The Balaban J connectivity index is 1.75. The number of rotatable bonds is 2. The molecule has 4 rings (SSSR count). The van der Waals surface area contributed by atoms with Crippen LogP contribution in [-0.4, -0.2) is 18.0 Å². The molecule has 4 aliphatic carbocycles. The minimum atomic E-state index is -2.37. The Morgan fingerprint density at radius 2 is 1.96 bits per heavy atom. The molecule has 0 aromatic rings. The van der Waals surface area contributed by atoms with Crippen LogP contribution in [0.25, 0.3) is 0 Å². The topological polar surface area (TPSA) is 34.1 Å². The molecule has 4 aliphatic rings. The molecule has 0 radical (unpaired) electrons. The second kappa shape index (κ2) is 5.74. The number of carbonyl (C=O) groups excluding carboxylic acids is 2. The van der Waals surface area contributed by atoms with Gasteiger partial charge in [-0.1, -0.05) is 12.5 Å². The molecule has 0 unspecified atom stereocenters. The minimum absolute atomic E-state index is 0.0336. The first kappa shape index (κ1) is 16.4. The van der Waals surface area contributed by atoms with Crippen LogP contribution >= 0.6 is 0 Å². The van der Waals surface area contributed by atoms with E-state index < -0.39 is 17.8 Å². The lowest BCUT2D eigenvalue weighted by Gasteiger charge is -2.56. The van der Waals surface area contributed by atoms with Gasteiger partial charge in [0.05, 0.1) is 0 Å². The van der Waals surface area contributed by atoms with E-state index in [2.05, 4.69) is 0 Å². The van der Waals surface area contributed by atoms with Gasteiger partial charge < -0.3 is 0 Å². The molecule has 0 aromatic carbocycles. The predicted octanol–water partition coefficient (Wildman–Crippen LogP) is 4.58. The van der Waals surface area contributed by atoms with Gasteiger partial charge in [0.15, 0.2) is 5.78 Å². The van der Waals surface area contributed by atoms with Crippen LogP contribution in [0.2, 0.25) is 0 Å². The molecule has 3 saturated carbocycles. The second-order valence-corrected chi connectivity index (χ2v) is 8.39. The van der Waals surface area contributed by atoms with Crippen molar-refractivity contribution in [3.05, 3.63) is 11.6 Å². The van der Waals surface area contributed by atoms with Gasteiger partial charge >= 0.3 is 0 Å². The fraction of sp³-hybridized carbons (Fsp3) is 0.800. The highest BCUT2D eigenvalue weighted by atomic mass is 19.3. The van der Waals surface area contributed by atoms with Crippen LogP contribution < -0.4 is 0 Å². The molecule has 6 atom stereocenters. The molecule has 0 saturated heterocycles. The van der Waals surface area contributed by atoms with Crippen LogP contribution in [-0.2, 0) is 9.59 Å². The predicted molar refractivity (Wildman–Crippen MR) is 86.6 cm³/mol. The highest BCUT2D eigenvalue weighted by Crippen LogP contribution is 2.64. The first-order chi connectivity index (χ1) is 11.5. The fourth-order valence-corrected chi connectivity index (χ4v) is 6.80. The zero-order valence-corrected chi connectivity index (χ0v) is 14.3. The molecule has 4 heteroatoms. The number of hydrogen-bond donors (Lipinski definition) is 0. The number of hydrogen-bond acceptors (Lipinski definition) is 2. The van der Waals surface area contributed by atoms with E-state index in [1.807, 2.05) is 6.92 Å². The minimum Gasteiger partial charge on any atom is -0.299 e. The van der Waals surface area contributed by atoms with Gasteiger partial charge in [-0.3, -0.25) is 9.59 Å². The molecule has 132 valence electrons. The summed E-state index contributed by atoms with van der Waals surface area (Å²) in [5.74, 6) is 0.339. The van der Waals surface area contributed by atoms with E-state index in [1.165, 1.54) is 0 Å². The number of halogens is 2. The van der Waals surface area contributed by atoms with Crippen LogP contribution in [0.5, 0.6) is 0 Å². The molecule has 0 N–H and O–H groups in total. The molecular weight excluding hydrogens is 310 g/mol. The lowest BCUT2D eigenvalue weighted by Crippen LogP contribution is -2.53. The zero-order chi connectivity index (χ0) is 17.1. The summed E-state index contributed by atoms with van der Waals surface area (Å²) in [4.78, 5) is 24.4. The summed E-state index contributed by atoms with van der Waals surface area (Å²) in [5, 5.41) is 0. The number of allylic oxidation sites excluding steroid dienone is 1. The largest absolute Gasteiger partial charge is 0.299 e. The number of Topliss-reactive ketones (excluding diaryl/α,β-unsaturated/α-hetero) is 1. The summed E-state index contributed by atoms with van der Waals surface area (Å²) in [6.07, 6.45) is 4.86. The molecule has 0 heterocycles. The standard InChI is InChI=1S/C20H26F2O2/c1-2-20-10-15(19(21)22)18-13-6-4-12(23)9-11(13)3-5-14(18)16(20)7-8-17(20)24/h9,13-16,18-19H,2-8,10H2,1H3/t13-,14-,15-,16-,18+,20-/m0/s1. The molecule has 3 fully saturated rings. The number of ketones is 2. The van der Waals surface area contributed by atoms with E-state index in [0.717, 1.165) is 31.3 Å². The monoisotopic (exact) mass is 336 g/mol.